The molecule has 0 aliphatic carbocycles. The van der Waals surface area contributed by atoms with E-state index in [2.05, 4.69) is 5.10 Å². The molecule has 0 aliphatic heterocycles. The van der Waals surface area contributed by atoms with Crippen LogP contribution in [-0.4, -0.2) is 28.5 Å². The molecule has 5 nitrogen and oxygen atoms in total. The summed E-state index contributed by atoms with van der Waals surface area (Å²) in [6, 6.07) is 0. The molecule has 0 amide bonds. The highest BCUT2D eigenvalue weighted by Gasteiger charge is 2.16. The molecular formula is C7H13N3O2. The van der Waals surface area contributed by atoms with Crippen molar-refractivity contribution in [2.75, 3.05) is 13.7 Å². The van der Waals surface area contributed by atoms with E-state index in [0.29, 0.717) is 11.4 Å². The van der Waals surface area contributed by atoms with Crippen molar-refractivity contribution in [1.29, 1.82) is 0 Å². The molecule has 12 heavy (non-hydrogen) atoms. The Balaban J connectivity index is 3.01. The first-order valence-corrected chi connectivity index (χ1v) is 3.64. The van der Waals surface area contributed by atoms with Gasteiger partial charge in [0.15, 0.2) is 5.75 Å². The zero-order valence-electron chi connectivity index (χ0n) is 7.19. The number of rotatable bonds is 3. The van der Waals surface area contributed by atoms with Gasteiger partial charge in [0.05, 0.1) is 13.3 Å². The fraction of sp³-hybridized carbons (Fsp3) is 0.571. The van der Waals surface area contributed by atoms with E-state index in [1.54, 1.807) is 17.9 Å². The van der Waals surface area contributed by atoms with Gasteiger partial charge in [-0.15, -0.1) is 0 Å². The van der Waals surface area contributed by atoms with Gasteiger partial charge in [0.25, 0.3) is 0 Å². The van der Waals surface area contributed by atoms with Crippen molar-refractivity contribution in [3.63, 3.8) is 0 Å². The molecule has 3 N–H and O–H groups in total. The van der Waals surface area contributed by atoms with Crippen LogP contribution in [0.3, 0.4) is 0 Å². The maximum Gasteiger partial charge on any atom is 0.162 e. The van der Waals surface area contributed by atoms with E-state index in [0.717, 1.165) is 0 Å². The Morgan fingerprint density at radius 2 is 2.50 bits per heavy atom. The molecule has 1 rings (SSSR count). The van der Waals surface area contributed by atoms with Crippen LogP contribution < -0.4 is 10.5 Å². The molecule has 1 aromatic heterocycles. The number of nitrogens with zero attached hydrogens (tertiary/aromatic N) is 2. The summed E-state index contributed by atoms with van der Waals surface area (Å²) < 4.78 is 6.54. The Labute approximate surface area is 70.7 Å². The lowest BCUT2D eigenvalue weighted by molar-refractivity contribution is 0.172. The number of aromatic nitrogens is 2. The molecule has 1 heterocycles. The molecule has 0 aliphatic rings. The first-order chi connectivity index (χ1) is 5.70. The fourth-order valence-electron chi connectivity index (χ4n) is 1.08. The van der Waals surface area contributed by atoms with Gasteiger partial charge in [-0.1, -0.05) is 0 Å². The van der Waals surface area contributed by atoms with Crippen LogP contribution in [0.2, 0.25) is 0 Å². The van der Waals surface area contributed by atoms with Crippen LogP contribution in [0, 0.1) is 0 Å². The van der Waals surface area contributed by atoms with Crippen LogP contribution in [0.4, 0.5) is 0 Å². The largest absolute Gasteiger partial charge is 0.493 e. The van der Waals surface area contributed by atoms with Crippen LogP contribution in [0.15, 0.2) is 6.20 Å². The van der Waals surface area contributed by atoms with Crippen LogP contribution >= 0.6 is 0 Å². The second-order valence-corrected chi connectivity index (χ2v) is 2.47. The van der Waals surface area contributed by atoms with Crippen molar-refractivity contribution in [2.24, 2.45) is 12.8 Å². The first kappa shape index (κ1) is 9.02. The third-order valence-corrected chi connectivity index (χ3v) is 1.71. The minimum absolute atomic E-state index is 0.163. The molecule has 1 aromatic rings. The molecule has 0 aromatic carbocycles. The molecule has 5 heteroatoms. The Hall–Kier alpha value is -1.07. The maximum absolute atomic E-state index is 9.45. The molecule has 0 fully saturated rings. The van der Waals surface area contributed by atoms with Crippen LogP contribution in [0.1, 0.15) is 11.8 Å². The zero-order valence-corrected chi connectivity index (χ0v) is 7.19. The smallest absolute Gasteiger partial charge is 0.162 e. The molecule has 1 atom stereocenters. The Bertz CT molecular complexity index is 259. The van der Waals surface area contributed by atoms with Gasteiger partial charge < -0.3 is 15.6 Å². The number of aliphatic hydroxyl groups is 1. The predicted molar refractivity (Wildman–Crippen MR) is 43.8 cm³/mol. The zero-order chi connectivity index (χ0) is 9.14. The molecule has 1 unspecified atom stereocenters. The van der Waals surface area contributed by atoms with E-state index >= 15 is 0 Å². The first-order valence-electron chi connectivity index (χ1n) is 3.64. The molecule has 0 saturated carbocycles. The molecular weight excluding hydrogens is 158 g/mol. The summed E-state index contributed by atoms with van der Waals surface area (Å²) in [5.41, 5.74) is 5.92. The lowest BCUT2D eigenvalue weighted by Gasteiger charge is -2.09. The van der Waals surface area contributed by atoms with E-state index in [1.807, 2.05) is 0 Å². The Morgan fingerprint density at radius 1 is 1.83 bits per heavy atom. The molecule has 0 saturated heterocycles. The molecule has 0 bridgehead atoms. The number of ether oxygens (including phenoxy) is 1. The normalized spacial score (nSPS) is 13.0. The second-order valence-electron chi connectivity index (χ2n) is 2.47. The lowest BCUT2D eigenvalue weighted by Crippen LogP contribution is -2.15. The van der Waals surface area contributed by atoms with Crippen LogP contribution in [0.5, 0.6) is 5.75 Å². The van der Waals surface area contributed by atoms with Gasteiger partial charge in [0, 0.05) is 13.6 Å². The van der Waals surface area contributed by atoms with E-state index in [4.69, 9.17) is 10.5 Å². The van der Waals surface area contributed by atoms with Gasteiger partial charge in [-0.3, -0.25) is 4.68 Å². The monoisotopic (exact) mass is 171 g/mol. The number of methoxy groups -OCH3 is 1. The third-order valence-electron chi connectivity index (χ3n) is 1.71. The van der Waals surface area contributed by atoms with Gasteiger partial charge >= 0.3 is 0 Å². The topological polar surface area (TPSA) is 73.3 Å². The molecule has 0 spiro atoms. The van der Waals surface area contributed by atoms with Crippen LogP contribution in [0.25, 0.3) is 0 Å². The highest BCUT2D eigenvalue weighted by molar-refractivity contribution is 5.27. The quantitative estimate of drug-likeness (QED) is 0.638. The van der Waals surface area contributed by atoms with E-state index in [-0.39, 0.29) is 6.54 Å². The summed E-state index contributed by atoms with van der Waals surface area (Å²) in [6.07, 6.45) is 0.834. The minimum Gasteiger partial charge on any atom is -0.493 e. The van der Waals surface area contributed by atoms with E-state index in [9.17, 15) is 5.11 Å². The SMILES string of the molecule is COc1cnn(C)c1C(O)CN. The van der Waals surface area contributed by atoms with Gasteiger partial charge in [-0.05, 0) is 0 Å². The van der Waals surface area contributed by atoms with Crippen molar-refractivity contribution in [2.45, 2.75) is 6.10 Å². The number of aliphatic hydroxyl groups excluding tert-OH is 1. The summed E-state index contributed by atoms with van der Waals surface area (Å²) in [7, 11) is 3.26. The van der Waals surface area contributed by atoms with Gasteiger partial charge in [-0.2, -0.15) is 5.10 Å². The summed E-state index contributed by atoms with van der Waals surface area (Å²) in [5.74, 6) is 0.565. The van der Waals surface area contributed by atoms with E-state index in [1.165, 1.54) is 7.11 Å². The number of hydrogen-bond acceptors (Lipinski definition) is 4. The van der Waals surface area contributed by atoms with Crippen molar-refractivity contribution >= 4 is 0 Å². The number of aryl methyl sites for hydroxylation is 1. The van der Waals surface area contributed by atoms with Crippen molar-refractivity contribution < 1.29 is 9.84 Å². The summed E-state index contributed by atoms with van der Waals surface area (Å²) in [6.45, 7) is 0.163. The number of hydrogen-bond donors (Lipinski definition) is 2. The highest BCUT2D eigenvalue weighted by atomic mass is 16.5. The predicted octanol–water partition coefficient (Wildman–Crippen LogP) is -0.579. The summed E-state index contributed by atoms with van der Waals surface area (Å²) >= 11 is 0. The maximum atomic E-state index is 9.45. The average Bonchev–Trinajstić information content (AvgIpc) is 2.45. The Morgan fingerprint density at radius 3 is 3.00 bits per heavy atom. The fourth-order valence-corrected chi connectivity index (χ4v) is 1.08. The lowest BCUT2D eigenvalue weighted by atomic mass is 10.2. The standard InChI is InChI=1S/C7H13N3O2/c1-10-7(5(11)3-8)6(12-2)4-9-10/h4-5,11H,3,8H2,1-2H3. The Kier molecular flexibility index (Phi) is 2.67. The van der Waals surface area contributed by atoms with E-state index < -0.39 is 6.10 Å². The summed E-state index contributed by atoms with van der Waals surface area (Å²) in [5, 5.41) is 13.4. The summed E-state index contributed by atoms with van der Waals surface area (Å²) in [4.78, 5) is 0. The number of nitrogens with two attached hydrogens (primary N) is 1. The average molecular weight is 171 g/mol. The highest BCUT2D eigenvalue weighted by Crippen LogP contribution is 2.22. The minimum atomic E-state index is -0.715. The van der Waals surface area contributed by atoms with Gasteiger partial charge in [-0.25, -0.2) is 0 Å². The van der Waals surface area contributed by atoms with Crippen LogP contribution in [-0.2, 0) is 7.05 Å². The second kappa shape index (κ2) is 3.55. The van der Waals surface area contributed by atoms with Crippen molar-refractivity contribution in [3.8, 4) is 5.75 Å². The molecule has 0 radical (unpaired) electrons. The van der Waals surface area contributed by atoms with Gasteiger partial charge in [0.2, 0.25) is 0 Å². The van der Waals surface area contributed by atoms with Crippen molar-refractivity contribution in [3.05, 3.63) is 11.9 Å². The van der Waals surface area contributed by atoms with Gasteiger partial charge in [0.1, 0.15) is 11.8 Å². The third kappa shape index (κ3) is 1.41. The molecule has 68 valence electrons. The van der Waals surface area contributed by atoms with Crippen molar-refractivity contribution in [1.82, 2.24) is 9.78 Å².